The largest absolute Gasteiger partial charge is 0.358 e. The number of fused-ring (bicyclic) bond motifs is 1. The minimum atomic E-state index is -0.249. The Hall–Kier alpha value is -2.10. The molecule has 1 N–H and O–H groups in total. The van der Waals surface area contributed by atoms with Crippen molar-refractivity contribution in [3.8, 4) is 0 Å². The van der Waals surface area contributed by atoms with Gasteiger partial charge in [0.15, 0.2) is 0 Å². The summed E-state index contributed by atoms with van der Waals surface area (Å²) in [7, 11) is 0. The first-order valence-corrected chi connectivity index (χ1v) is 7.65. The molecule has 0 radical (unpaired) electrons. The van der Waals surface area contributed by atoms with Crippen LogP contribution in [0.5, 0.6) is 0 Å². The van der Waals surface area contributed by atoms with E-state index in [0.717, 1.165) is 42.5 Å². The Labute approximate surface area is 125 Å². The quantitative estimate of drug-likeness (QED) is 0.941. The maximum Gasteiger partial charge on any atom is 0.244 e. The summed E-state index contributed by atoms with van der Waals surface area (Å²) in [6, 6.07) is 9.82. The third kappa shape index (κ3) is 2.99. The van der Waals surface area contributed by atoms with Crippen molar-refractivity contribution in [1.82, 2.24) is 9.88 Å². The molecule has 1 atom stereocenters. The van der Waals surface area contributed by atoms with Crippen molar-refractivity contribution in [1.29, 1.82) is 0 Å². The van der Waals surface area contributed by atoms with E-state index in [-0.39, 0.29) is 11.9 Å². The number of pyridine rings is 1. The minimum absolute atomic E-state index is 0.171. The molecule has 1 unspecified atom stereocenters. The van der Waals surface area contributed by atoms with Crippen molar-refractivity contribution in [2.45, 2.75) is 32.2 Å². The number of benzene rings is 1. The van der Waals surface area contributed by atoms with Crippen LogP contribution in [0.3, 0.4) is 0 Å². The van der Waals surface area contributed by atoms with Crippen LogP contribution in [-0.2, 0) is 4.79 Å². The highest BCUT2D eigenvalue weighted by Crippen LogP contribution is 2.21. The van der Waals surface area contributed by atoms with E-state index in [4.69, 9.17) is 0 Å². The summed E-state index contributed by atoms with van der Waals surface area (Å²) < 4.78 is 0. The molecule has 1 aromatic carbocycles. The van der Waals surface area contributed by atoms with Crippen LogP contribution in [0.15, 0.2) is 36.5 Å². The van der Waals surface area contributed by atoms with E-state index in [1.54, 1.807) is 6.20 Å². The predicted molar refractivity (Wildman–Crippen MR) is 85.3 cm³/mol. The van der Waals surface area contributed by atoms with Gasteiger partial charge < -0.3 is 10.2 Å². The summed E-state index contributed by atoms with van der Waals surface area (Å²) in [5.41, 5.74) is 0. The Bertz CT molecular complexity index is 629. The van der Waals surface area contributed by atoms with Crippen molar-refractivity contribution in [3.63, 3.8) is 0 Å². The lowest BCUT2D eigenvalue weighted by atomic mass is 10.1. The molecule has 3 rings (SSSR count). The highest BCUT2D eigenvalue weighted by molar-refractivity contribution is 5.93. The van der Waals surface area contributed by atoms with Crippen molar-refractivity contribution >= 4 is 22.5 Å². The van der Waals surface area contributed by atoms with Gasteiger partial charge >= 0.3 is 0 Å². The van der Waals surface area contributed by atoms with E-state index in [0.29, 0.717) is 0 Å². The van der Waals surface area contributed by atoms with Crippen molar-refractivity contribution < 1.29 is 4.79 Å². The molecule has 0 aliphatic carbocycles. The highest BCUT2D eigenvalue weighted by Gasteiger charge is 2.22. The number of carbonyl (C=O) groups excluding carboxylic acids is 1. The Balaban J connectivity index is 1.76. The topological polar surface area (TPSA) is 45.2 Å². The van der Waals surface area contributed by atoms with Gasteiger partial charge in [-0.05, 0) is 37.6 Å². The van der Waals surface area contributed by atoms with Gasteiger partial charge in [-0.3, -0.25) is 4.79 Å². The zero-order chi connectivity index (χ0) is 14.7. The molecule has 0 spiro atoms. The molecule has 1 aliphatic rings. The van der Waals surface area contributed by atoms with Gasteiger partial charge in [0, 0.05) is 24.7 Å². The lowest BCUT2D eigenvalue weighted by molar-refractivity contribution is -0.132. The third-order valence-electron chi connectivity index (χ3n) is 4.07. The lowest BCUT2D eigenvalue weighted by Gasteiger charge is -2.29. The number of hydrogen-bond acceptors (Lipinski definition) is 3. The average Bonchev–Trinajstić information content (AvgIpc) is 2.55. The van der Waals surface area contributed by atoms with Crippen LogP contribution < -0.4 is 5.32 Å². The Morgan fingerprint density at radius 3 is 2.76 bits per heavy atom. The summed E-state index contributed by atoms with van der Waals surface area (Å²) in [5, 5.41) is 5.47. The second-order valence-electron chi connectivity index (χ2n) is 5.63. The van der Waals surface area contributed by atoms with Crippen molar-refractivity contribution in [2.75, 3.05) is 18.4 Å². The van der Waals surface area contributed by atoms with E-state index in [1.807, 2.05) is 36.1 Å². The highest BCUT2D eigenvalue weighted by atomic mass is 16.2. The molecule has 1 fully saturated rings. The van der Waals surface area contributed by atoms with Crippen LogP contribution >= 0.6 is 0 Å². The number of anilines is 1. The molecule has 4 heteroatoms. The zero-order valence-electron chi connectivity index (χ0n) is 12.4. The Morgan fingerprint density at radius 1 is 1.19 bits per heavy atom. The first kappa shape index (κ1) is 13.9. The van der Waals surface area contributed by atoms with Gasteiger partial charge in [0.1, 0.15) is 11.9 Å². The van der Waals surface area contributed by atoms with Gasteiger partial charge in [-0.25, -0.2) is 4.98 Å². The first-order chi connectivity index (χ1) is 10.3. The molecular weight excluding hydrogens is 262 g/mol. The zero-order valence-corrected chi connectivity index (χ0v) is 12.4. The van der Waals surface area contributed by atoms with Gasteiger partial charge in [-0.1, -0.05) is 24.3 Å². The molecule has 110 valence electrons. The summed E-state index contributed by atoms with van der Waals surface area (Å²) in [6.07, 6.45) is 5.25. The number of piperidine rings is 1. The minimum Gasteiger partial charge on any atom is -0.358 e. The number of carbonyl (C=O) groups is 1. The van der Waals surface area contributed by atoms with Gasteiger partial charge in [-0.2, -0.15) is 0 Å². The van der Waals surface area contributed by atoms with Crippen LogP contribution in [0.25, 0.3) is 10.8 Å². The van der Waals surface area contributed by atoms with E-state index in [2.05, 4.69) is 16.4 Å². The van der Waals surface area contributed by atoms with Crippen LogP contribution in [-0.4, -0.2) is 34.9 Å². The smallest absolute Gasteiger partial charge is 0.244 e. The standard InChI is InChI=1S/C17H21N3O/c1-13(17(21)20-11-5-2-6-12-20)19-16-15-8-4-3-7-14(15)9-10-18-16/h3-4,7-10,13H,2,5-6,11-12H2,1H3,(H,18,19). The maximum absolute atomic E-state index is 12.5. The fourth-order valence-corrected chi connectivity index (χ4v) is 2.89. The van der Waals surface area contributed by atoms with Gasteiger partial charge in [-0.15, -0.1) is 0 Å². The monoisotopic (exact) mass is 283 g/mol. The third-order valence-corrected chi connectivity index (χ3v) is 4.07. The van der Waals surface area contributed by atoms with E-state index in [1.165, 1.54) is 6.42 Å². The molecule has 1 amide bonds. The van der Waals surface area contributed by atoms with E-state index < -0.39 is 0 Å². The number of hydrogen-bond donors (Lipinski definition) is 1. The molecular formula is C17H21N3O. The first-order valence-electron chi connectivity index (χ1n) is 7.65. The van der Waals surface area contributed by atoms with Crippen molar-refractivity contribution in [3.05, 3.63) is 36.5 Å². The number of nitrogens with zero attached hydrogens (tertiary/aromatic N) is 2. The van der Waals surface area contributed by atoms with Gasteiger partial charge in [0.2, 0.25) is 5.91 Å². The summed E-state index contributed by atoms with van der Waals surface area (Å²) in [4.78, 5) is 18.8. The van der Waals surface area contributed by atoms with Crippen molar-refractivity contribution in [2.24, 2.45) is 0 Å². The fourth-order valence-electron chi connectivity index (χ4n) is 2.89. The SMILES string of the molecule is CC(Nc1nccc2ccccc12)C(=O)N1CCCCC1. The number of rotatable bonds is 3. The number of amides is 1. The lowest BCUT2D eigenvalue weighted by Crippen LogP contribution is -2.44. The van der Waals surface area contributed by atoms with Gasteiger partial charge in [0.25, 0.3) is 0 Å². The molecule has 2 heterocycles. The molecule has 0 bridgehead atoms. The molecule has 0 saturated carbocycles. The maximum atomic E-state index is 12.5. The number of aromatic nitrogens is 1. The van der Waals surface area contributed by atoms with E-state index >= 15 is 0 Å². The molecule has 2 aromatic rings. The Morgan fingerprint density at radius 2 is 1.95 bits per heavy atom. The normalized spacial score (nSPS) is 16.7. The molecule has 1 aliphatic heterocycles. The Kier molecular flexibility index (Phi) is 4.04. The van der Waals surface area contributed by atoms with Crippen LogP contribution in [0, 0.1) is 0 Å². The molecule has 4 nitrogen and oxygen atoms in total. The molecule has 1 aromatic heterocycles. The van der Waals surface area contributed by atoms with Crippen LogP contribution in [0.4, 0.5) is 5.82 Å². The summed E-state index contributed by atoms with van der Waals surface area (Å²) >= 11 is 0. The summed E-state index contributed by atoms with van der Waals surface area (Å²) in [6.45, 7) is 3.68. The fraction of sp³-hybridized carbons (Fsp3) is 0.412. The second kappa shape index (κ2) is 6.12. The molecule has 1 saturated heterocycles. The summed E-state index contributed by atoms with van der Waals surface area (Å²) in [5.74, 6) is 0.954. The van der Waals surface area contributed by atoms with Crippen LogP contribution in [0.2, 0.25) is 0 Å². The second-order valence-corrected chi connectivity index (χ2v) is 5.63. The number of likely N-dealkylation sites (tertiary alicyclic amines) is 1. The van der Waals surface area contributed by atoms with Crippen LogP contribution in [0.1, 0.15) is 26.2 Å². The van der Waals surface area contributed by atoms with Gasteiger partial charge in [0.05, 0.1) is 0 Å². The molecule has 21 heavy (non-hydrogen) atoms. The van der Waals surface area contributed by atoms with E-state index in [9.17, 15) is 4.79 Å². The number of nitrogens with one attached hydrogen (secondary N) is 1. The average molecular weight is 283 g/mol. The predicted octanol–water partition coefficient (Wildman–Crippen LogP) is 3.05.